The molecule has 8 rings (SSSR count). The maximum absolute atomic E-state index is 14.4. The molecule has 1 saturated carbocycles. The van der Waals surface area contributed by atoms with E-state index >= 15 is 0 Å². The van der Waals surface area contributed by atoms with Crippen molar-refractivity contribution in [3.8, 4) is 11.3 Å². The van der Waals surface area contributed by atoms with E-state index in [4.69, 9.17) is 9.84 Å². The summed E-state index contributed by atoms with van der Waals surface area (Å²) in [6, 6.07) is 47.6. The second-order valence-electron chi connectivity index (χ2n) is 15.2. The zero-order valence-corrected chi connectivity index (χ0v) is 31.7. The number of Topliss-reactive ketones (excluding diaryl/α,β-unsaturated/α-hetero) is 1. The van der Waals surface area contributed by atoms with Crippen molar-refractivity contribution >= 4 is 22.7 Å². The minimum atomic E-state index is -0.863. The third kappa shape index (κ3) is 6.83. The monoisotopic (exact) mass is 741 g/mol. The van der Waals surface area contributed by atoms with Gasteiger partial charge in [-0.1, -0.05) is 110 Å². The third-order valence-corrected chi connectivity index (χ3v) is 11.6. The lowest BCUT2D eigenvalue weighted by atomic mass is 9.65. The second-order valence-corrected chi connectivity index (χ2v) is 15.2. The summed E-state index contributed by atoms with van der Waals surface area (Å²) in [5.41, 5.74) is 6.39. The molecule has 280 valence electrons. The molecule has 5 aromatic carbocycles. The van der Waals surface area contributed by atoms with Gasteiger partial charge in [0.1, 0.15) is 17.1 Å². The van der Waals surface area contributed by atoms with Gasteiger partial charge in [0.25, 0.3) is 0 Å². The molecule has 2 heterocycles. The molecular formula is C49H44FN3O3. The van der Waals surface area contributed by atoms with E-state index < -0.39 is 11.0 Å². The number of ether oxygens (including phenoxy) is 1. The van der Waals surface area contributed by atoms with E-state index in [2.05, 4.69) is 82.5 Å². The highest BCUT2D eigenvalue weighted by atomic mass is 19.1. The Kier molecular flexibility index (Phi) is 10.2. The van der Waals surface area contributed by atoms with Gasteiger partial charge in [-0.05, 0) is 103 Å². The summed E-state index contributed by atoms with van der Waals surface area (Å²) >= 11 is 0. The van der Waals surface area contributed by atoms with Gasteiger partial charge >= 0.3 is 5.97 Å². The van der Waals surface area contributed by atoms with Gasteiger partial charge in [0.05, 0.1) is 18.0 Å². The molecule has 1 aliphatic carbocycles. The Morgan fingerprint density at radius 3 is 2.04 bits per heavy atom. The number of fused-ring (bicyclic) bond motifs is 1. The summed E-state index contributed by atoms with van der Waals surface area (Å²) in [5, 5.41) is 6.37. The van der Waals surface area contributed by atoms with Crippen LogP contribution in [0.25, 0.3) is 22.2 Å². The molecule has 0 radical (unpaired) electrons. The molecule has 0 aliphatic heterocycles. The molecule has 2 aromatic heterocycles. The average molecular weight is 742 g/mol. The molecule has 0 amide bonds. The summed E-state index contributed by atoms with van der Waals surface area (Å²) in [5.74, 6) is -0.588. The number of esters is 1. The average Bonchev–Trinajstić information content (AvgIpc) is 3.62. The van der Waals surface area contributed by atoms with Crippen LogP contribution in [0.1, 0.15) is 70.4 Å². The maximum Gasteiger partial charge on any atom is 0.312 e. The van der Waals surface area contributed by atoms with Gasteiger partial charge in [0, 0.05) is 34.8 Å². The SMILES string of the molecule is COC(=O)C1(Cc2ccc(F)cc2)CCCC(CC(=O)c2ccc3c(c2)c(-c2ccnc(C)c2)nn3C(c2ccccc2)(c2ccccc2)c2ccccc2)C1. The number of halogens is 1. The smallest absolute Gasteiger partial charge is 0.312 e. The van der Waals surface area contributed by atoms with Gasteiger partial charge in [-0.3, -0.25) is 14.6 Å². The Bertz CT molecular complexity index is 2390. The van der Waals surface area contributed by atoms with Crippen LogP contribution in [-0.2, 0) is 21.5 Å². The van der Waals surface area contributed by atoms with Gasteiger partial charge in [0.15, 0.2) is 5.78 Å². The molecule has 6 nitrogen and oxygen atoms in total. The van der Waals surface area contributed by atoms with Crippen LogP contribution in [0, 0.1) is 24.1 Å². The summed E-state index contributed by atoms with van der Waals surface area (Å²) < 4.78 is 21.2. The maximum atomic E-state index is 14.4. The van der Waals surface area contributed by atoms with E-state index in [-0.39, 0.29) is 23.5 Å². The molecule has 1 fully saturated rings. The zero-order chi connectivity index (χ0) is 38.7. The lowest BCUT2D eigenvalue weighted by molar-refractivity contribution is -0.156. The topological polar surface area (TPSA) is 74.1 Å². The molecule has 0 N–H and O–H groups in total. The molecule has 0 bridgehead atoms. The van der Waals surface area contributed by atoms with Crippen LogP contribution < -0.4 is 0 Å². The lowest BCUT2D eigenvalue weighted by Crippen LogP contribution is -2.40. The van der Waals surface area contributed by atoms with Gasteiger partial charge in [-0.2, -0.15) is 5.10 Å². The molecule has 56 heavy (non-hydrogen) atoms. The highest BCUT2D eigenvalue weighted by Crippen LogP contribution is 2.46. The van der Waals surface area contributed by atoms with E-state index in [1.165, 1.54) is 19.2 Å². The Morgan fingerprint density at radius 1 is 0.821 bits per heavy atom. The number of aryl methyl sites for hydroxylation is 1. The fourth-order valence-electron chi connectivity index (χ4n) is 9.03. The standard InChI is InChI=1S/C49H44FN3O3/c1-34-29-38(26-28-51-34)46-43-31-37(45(54)30-36-13-12-27-48(33-36,47(55)56-2)32-35-20-23-42(50)24-21-35)22-25-44(43)53(52-46)49(39-14-6-3-7-15-39,40-16-8-4-9-17-40)41-18-10-5-11-19-41/h3-11,14-26,28-29,31,36H,12-13,27,30,32-33H2,1-2H3. The normalized spacial score (nSPS) is 17.1. The van der Waals surface area contributed by atoms with Gasteiger partial charge in [0.2, 0.25) is 0 Å². The summed E-state index contributed by atoms with van der Waals surface area (Å²) in [6.07, 6.45) is 5.36. The predicted octanol–water partition coefficient (Wildman–Crippen LogP) is 10.6. The Balaban J connectivity index is 1.24. The van der Waals surface area contributed by atoms with Crippen LogP contribution in [0.4, 0.5) is 4.39 Å². The largest absolute Gasteiger partial charge is 0.469 e. The number of hydrogen-bond donors (Lipinski definition) is 0. The van der Waals surface area contributed by atoms with Crippen molar-refractivity contribution in [3.05, 3.63) is 191 Å². The summed E-state index contributed by atoms with van der Waals surface area (Å²) in [4.78, 5) is 32.3. The first-order valence-corrected chi connectivity index (χ1v) is 19.3. The first-order valence-electron chi connectivity index (χ1n) is 19.3. The predicted molar refractivity (Wildman–Crippen MR) is 218 cm³/mol. The van der Waals surface area contributed by atoms with Crippen molar-refractivity contribution < 1.29 is 18.7 Å². The van der Waals surface area contributed by atoms with E-state index in [1.807, 2.05) is 55.5 Å². The van der Waals surface area contributed by atoms with E-state index in [0.717, 1.165) is 62.9 Å². The number of hydrogen-bond acceptors (Lipinski definition) is 5. The molecular weight excluding hydrogens is 698 g/mol. The third-order valence-electron chi connectivity index (χ3n) is 11.6. The van der Waals surface area contributed by atoms with Crippen molar-refractivity contribution in [2.75, 3.05) is 7.11 Å². The Labute approximate surface area is 327 Å². The number of aromatic nitrogens is 3. The summed E-state index contributed by atoms with van der Waals surface area (Å²) in [7, 11) is 1.42. The van der Waals surface area contributed by atoms with Crippen molar-refractivity contribution in [3.63, 3.8) is 0 Å². The molecule has 2 unspecified atom stereocenters. The van der Waals surface area contributed by atoms with Crippen LogP contribution >= 0.6 is 0 Å². The van der Waals surface area contributed by atoms with Gasteiger partial charge in [-0.15, -0.1) is 0 Å². The van der Waals surface area contributed by atoms with Crippen LogP contribution in [0.5, 0.6) is 0 Å². The van der Waals surface area contributed by atoms with E-state index in [0.29, 0.717) is 31.2 Å². The Morgan fingerprint density at radius 2 is 1.45 bits per heavy atom. The number of benzene rings is 5. The van der Waals surface area contributed by atoms with Gasteiger partial charge in [-0.25, -0.2) is 9.07 Å². The van der Waals surface area contributed by atoms with E-state index in [9.17, 15) is 14.0 Å². The van der Waals surface area contributed by atoms with Crippen LogP contribution in [0.15, 0.2) is 152 Å². The minimum Gasteiger partial charge on any atom is -0.469 e. The molecule has 7 heteroatoms. The molecule has 1 aliphatic rings. The molecule has 2 atom stereocenters. The molecule has 0 saturated heterocycles. The fraction of sp³-hybridized carbons (Fsp3) is 0.224. The minimum absolute atomic E-state index is 0.0153. The highest BCUT2D eigenvalue weighted by molar-refractivity contribution is 6.03. The zero-order valence-electron chi connectivity index (χ0n) is 31.7. The number of carbonyl (C=O) groups is 2. The number of pyridine rings is 1. The van der Waals surface area contributed by atoms with Crippen molar-refractivity contribution in [1.82, 2.24) is 14.8 Å². The van der Waals surface area contributed by atoms with Crippen molar-refractivity contribution in [2.45, 2.75) is 51.0 Å². The highest BCUT2D eigenvalue weighted by Gasteiger charge is 2.45. The van der Waals surface area contributed by atoms with Crippen LogP contribution in [-0.4, -0.2) is 33.6 Å². The number of rotatable bonds is 11. The van der Waals surface area contributed by atoms with Gasteiger partial charge < -0.3 is 4.74 Å². The van der Waals surface area contributed by atoms with Crippen LogP contribution in [0.3, 0.4) is 0 Å². The van der Waals surface area contributed by atoms with E-state index in [1.54, 1.807) is 18.3 Å². The molecule has 7 aromatic rings. The Hall–Kier alpha value is -6.21. The quantitative estimate of drug-likeness (QED) is 0.0750. The fourth-order valence-corrected chi connectivity index (χ4v) is 9.03. The van der Waals surface area contributed by atoms with Crippen molar-refractivity contribution in [2.24, 2.45) is 11.3 Å². The first-order chi connectivity index (χ1) is 27.3. The number of carbonyl (C=O) groups excluding carboxylic acids is 2. The number of nitrogens with zero attached hydrogens (tertiary/aromatic N) is 3. The van der Waals surface area contributed by atoms with Crippen LogP contribution in [0.2, 0.25) is 0 Å². The number of ketones is 1. The number of methoxy groups -OCH3 is 1. The summed E-state index contributed by atoms with van der Waals surface area (Å²) in [6.45, 7) is 1.97. The first kappa shape index (κ1) is 36.8. The molecule has 0 spiro atoms. The van der Waals surface area contributed by atoms with Crippen molar-refractivity contribution in [1.29, 1.82) is 0 Å². The lowest BCUT2D eigenvalue weighted by Gasteiger charge is -2.38. The second kappa shape index (κ2) is 15.5.